The van der Waals surface area contributed by atoms with Gasteiger partial charge in [-0.3, -0.25) is 9.59 Å². The number of methoxy groups -OCH3 is 1. The molecule has 0 amide bonds. The van der Waals surface area contributed by atoms with Crippen LogP contribution in [0.25, 0.3) is 0 Å². The van der Waals surface area contributed by atoms with E-state index in [1.165, 1.54) is 20.1 Å². The molecule has 0 radical (unpaired) electrons. The Morgan fingerprint density at radius 1 is 1.52 bits per heavy atom. The standard InChI is InChI=1S/C15H16O6/c1-4-5-10-12(21-9(2)16)6-13-14(11(17)7-19-13)15(10)20-8-18-3/h4,6H,1,5,7-8H2,2-3H3. The molecule has 6 nitrogen and oxygen atoms in total. The first-order valence-corrected chi connectivity index (χ1v) is 6.35. The van der Waals surface area contributed by atoms with Crippen molar-refractivity contribution in [2.75, 3.05) is 20.5 Å². The maximum atomic E-state index is 12.0. The van der Waals surface area contributed by atoms with Gasteiger partial charge >= 0.3 is 5.97 Å². The molecule has 1 aromatic rings. The van der Waals surface area contributed by atoms with Gasteiger partial charge in [0.15, 0.2) is 13.4 Å². The van der Waals surface area contributed by atoms with Crippen LogP contribution in [-0.4, -0.2) is 32.3 Å². The normalized spacial score (nSPS) is 12.6. The second-order valence-electron chi connectivity index (χ2n) is 4.40. The maximum absolute atomic E-state index is 12.0. The van der Waals surface area contributed by atoms with Crippen molar-refractivity contribution < 1.29 is 28.5 Å². The largest absolute Gasteiger partial charge is 0.484 e. The Hall–Kier alpha value is -2.34. The zero-order valence-corrected chi connectivity index (χ0v) is 11.9. The van der Waals surface area contributed by atoms with Gasteiger partial charge < -0.3 is 18.9 Å². The summed E-state index contributed by atoms with van der Waals surface area (Å²) in [7, 11) is 1.47. The number of rotatable bonds is 6. The second-order valence-corrected chi connectivity index (χ2v) is 4.40. The Kier molecular flexibility index (Phi) is 4.59. The lowest BCUT2D eigenvalue weighted by Crippen LogP contribution is -2.10. The van der Waals surface area contributed by atoms with Gasteiger partial charge in [0.2, 0.25) is 5.78 Å². The number of fused-ring (bicyclic) bond motifs is 1. The van der Waals surface area contributed by atoms with Gasteiger partial charge in [0, 0.05) is 25.7 Å². The Balaban J connectivity index is 2.59. The van der Waals surface area contributed by atoms with E-state index in [-0.39, 0.29) is 19.2 Å². The zero-order chi connectivity index (χ0) is 15.4. The number of esters is 1. The smallest absolute Gasteiger partial charge is 0.308 e. The number of ether oxygens (including phenoxy) is 4. The third-order valence-corrected chi connectivity index (χ3v) is 2.87. The quantitative estimate of drug-likeness (QED) is 0.345. The van der Waals surface area contributed by atoms with Gasteiger partial charge in [-0.1, -0.05) is 6.08 Å². The minimum Gasteiger partial charge on any atom is -0.484 e. The lowest BCUT2D eigenvalue weighted by Gasteiger charge is -2.16. The molecule has 6 heteroatoms. The summed E-state index contributed by atoms with van der Waals surface area (Å²) in [5.74, 6) is 0.295. The van der Waals surface area contributed by atoms with E-state index in [2.05, 4.69) is 6.58 Å². The summed E-state index contributed by atoms with van der Waals surface area (Å²) in [6, 6.07) is 1.53. The highest BCUT2D eigenvalue weighted by Crippen LogP contribution is 2.42. The molecule has 1 heterocycles. The minimum absolute atomic E-state index is 0.0343. The molecule has 0 N–H and O–H groups in total. The molecule has 0 atom stereocenters. The average molecular weight is 292 g/mol. The molecule has 0 bridgehead atoms. The number of hydrogen-bond donors (Lipinski definition) is 0. The zero-order valence-electron chi connectivity index (χ0n) is 11.9. The van der Waals surface area contributed by atoms with Crippen LogP contribution in [0.2, 0.25) is 0 Å². The summed E-state index contributed by atoms with van der Waals surface area (Å²) in [4.78, 5) is 23.2. The van der Waals surface area contributed by atoms with Crippen molar-refractivity contribution in [2.24, 2.45) is 0 Å². The summed E-state index contributed by atoms with van der Waals surface area (Å²) < 4.78 is 20.9. The monoisotopic (exact) mass is 292 g/mol. The van der Waals surface area contributed by atoms with Crippen molar-refractivity contribution in [2.45, 2.75) is 13.3 Å². The van der Waals surface area contributed by atoms with Crippen LogP contribution >= 0.6 is 0 Å². The third kappa shape index (κ3) is 3.05. The molecule has 0 saturated carbocycles. The van der Waals surface area contributed by atoms with Crippen molar-refractivity contribution in [3.63, 3.8) is 0 Å². The number of ketones is 1. The van der Waals surface area contributed by atoms with E-state index in [9.17, 15) is 9.59 Å². The fourth-order valence-corrected chi connectivity index (χ4v) is 2.11. The van der Waals surface area contributed by atoms with Crippen LogP contribution in [0.1, 0.15) is 22.8 Å². The van der Waals surface area contributed by atoms with E-state index in [4.69, 9.17) is 18.9 Å². The third-order valence-electron chi connectivity index (χ3n) is 2.87. The van der Waals surface area contributed by atoms with Crippen LogP contribution in [-0.2, 0) is 16.0 Å². The van der Waals surface area contributed by atoms with Crippen LogP contribution in [0.15, 0.2) is 18.7 Å². The summed E-state index contributed by atoms with van der Waals surface area (Å²) in [6.07, 6.45) is 2.01. The molecule has 21 heavy (non-hydrogen) atoms. The van der Waals surface area contributed by atoms with E-state index < -0.39 is 5.97 Å². The molecular weight excluding hydrogens is 276 g/mol. The van der Waals surface area contributed by atoms with Crippen molar-refractivity contribution in [3.8, 4) is 17.2 Å². The summed E-state index contributed by atoms with van der Waals surface area (Å²) in [5, 5.41) is 0. The highest BCUT2D eigenvalue weighted by atomic mass is 16.7. The predicted octanol–water partition coefficient (Wildman–Crippen LogP) is 1.90. The fraction of sp³-hybridized carbons (Fsp3) is 0.333. The minimum atomic E-state index is -0.470. The van der Waals surface area contributed by atoms with E-state index in [1.54, 1.807) is 6.08 Å². The number of carbonyl (C=O) groups is 2. The number of Topliss-reactive ketones (excluding diaryl/α,β-unsaturated/α-hetero) is 1. The Morgan fingerprint density at radius 3 is 2.90 bits per heavy atom. The molecule has 1 aliphatic rings. The molecule has 2 rings (SSSR count). The first-order valence-electron chi connectivity index (χ1n) is 6.35. The Labute approximate surface area is 122 Å². The van der Waals surface area contributed by atoms with Crippen molar-refractivity contribution in [3.05, 3.63) is 29.8 Å². The molecule has 0 aliphatic carbocycles. The molecule has 1 aromatic carbocycles. The second kappa shape index (κ2) is 6.41. The summed E-state index contributed by atoms with van der Waals surface area (Å²) in [5.41, 5.74) is 0.912. The number of hydrogen-bond acceptors (Lipinski definition) is 6. The highest BCUT2D eigenvalue weighted by molar-refractivity contribution is 6.05. The van der Waals surface area contributed by atoms with Crippen LogP contribution in [0.3, 0.4) is 0 Å². The van der Waals surface area contributed by atoms with Gasteiger partial charge in [0.1, 0.15) is 22.8 Å². The van der Waals surface area contributed by atoms with Crippen LogP contribution in [0.4, 0.5) is 0 Å². The van der Waals surface area contributed by atoms with Gasteiger partial charge in [0.05, 0.1) is 0 Å². The molecule has 0 unspecified atom stereocenters. The highest BCUT2D eigenvalue weighted by Gasteiger charge is 2.31. The lowest BCUT2D eigenvalue weighted by atomic mass is 10.0. The Bertz CT molecular complexity index is 590. The SMILES string of the molecule is C=CCc1c(OC(C)=O)cc2c(c1OCOC)C(=O)CO2. The van der Waals surface area contributed by atoms with E-state index in [1.807, 2.05) is 0 Å². The Morgan fingerprint density at radius 2 is 2.29 bits per heavy atom. The first-order chi connectivity index (χ1) is 10.1. The van der Waals surface area contributed by atoms with E-state index in [0.29, 0.717) is 34.8 Å². The number of allylic oxidation sites excluding steroid dienone is 1. The van der Waals surface area contributed by atoms with Gasteiger partial charge in [-0.05, 0) is 6.42 Å². The maximum Gasteiger partial charge on any atom is 0.308 e. The van der Waals surface area contributed by atoms with Gasteiger partial charge in [-0.15, -0.1) is 6.58 Å². The van der Waals surface area contributed by atoms with Gasteiger partial charge in [0.25, 0.3) is 0 Å². The molecule has 0 saturated heterocycles. The molecule has 112 valence electrons. The van der Waals surface area contributed by atoms with Crippen LogP contribution in [0, 0.1) is 0 Å². The van der Waals surface area contributed by atoms with Crippen LogP contribution in [0.5, 0.6) is 17.2 Å². The summed E-state index contributed by atoms with van der Waals surface area (Å²) >= 11 is 0. The molecule has 1 aliphatic heterocycles. The van der Waals surface area contributed by atoms with Crippen molar-refractivity contribution in [1.82, 2.24) is 0 Å². The average Bonchev–Trinajstić information content (AvgIpc) is 2.79. The van der Waals surface area contributed by atoms with E-state index >= 15 is 0 Å². The topological polar surface area (TPSA) is 71.1 Å². The molecule has 0 fully saturated rings. The van der Waals surface area contributed by atoms with Crippen molar-refractivity contribution in [1.29, 1.82) is 0 Å². The molecule has 0 spiro atoms. The van der Waals surface area contributed by atoms with Crippen molar-refractivity contribution >= 4 is 11.8 Å². The van der Waals surface area contributed by atoms with Gasteiger partial charge in [-0.25, -0.2) is 0 Å². The molecular formula is C15H16O6. The number of benzene rings is 1. The summed E-state index contributed by atoms with van der Waals surface area (Å²) in [6.45, 7) is 4.87. The first kappa shape index (κ1) is 15.1. The molecule has 0 aromatic heterocycles. The lowest BCUT2D eigenvalue weighted by molar-refractivity contribution is -0.131. The van der Waals surface area contributed by atoms with E-state index in [0.717, 1.165) is 0 Å². The fourth-order valence-electron chi connectivity index (χ4n) is 2.11. The van der Waals surface area contributed by atoms with Gasteiger partial charge in [-0.2, -0.15) is 0 Å². The van der Waals surface area contributed by atoms with Crippen LogP contribution < -0.4 is 14.2 Å². The number of carbonyl (C=O) groups excluding carboxylic acids is 2. The predicted molar refractivity (Wildman–Crippen MR) is 74.0 cm³/mol.